The molecule has 491 valence electrons. The van der Waals surface area contributed by atoms with Gasteiger partial charge in [-0.1, -0.05) is 98.1 Å². The van der Waals surface area contributed by atoms with E-state index in [1.165, 1.54) is 17.1 Å². The number of piperidine rings is 1. The molecule has 2 aliphatic carbocycles. The van der Waals surface area contributed by atoms with Gasteiger partial charge in [0.05, 0.1) is 31.0 Å². The average molecular weight is 1310 g/mol. The second-order valence-corrected chi connectivity index (χ2v) is 21.1. The van der Waals surface area contributed by atoms with Crippen LogP contribution < -0.4 is 27.2 Å². The summed E-state index contributed by atoms with van der Waals surface area (Å²) in [4.78, 5) is 73.3. The Morgan fingerprint density at radius 2 is 1.62 bits per heavy atom. The van der Waals surface area contributed by atoms with E-state index in [0.717, 1.165) is 113 Å². The van der Waals surface area contributed by atoms with Crippen LogP contribution >= 0.6 is 0 Å². The molecule has 23 heteroatoms. The van der Waals surface area contributed by atoms with E-state index in [-0.39, 0.29) is 117 Å². The van der Waals surface area contributed by atoms with Gasteiger partial charge < -0.3 is 72.0 Å². The third-order valence-electron chi connectivity index (χ3n) is 14.7. The number of allylic oxidation sites excluding steroid dienone is 5. The molecule has 0 bridgehead atoms. The molecule has 2 saturated heterocycles. The smallest absolute Gasteiger partial charge is 0.282 e. The molecule has 2 aliphatic heterocycles. The van der Waals surface area contributed by atoms with Gasteiger partial charge in [-0.25, -0.2) is 4.90 Å². The number of anilines is 1. The first kappa shape index (κ1) is 82.4. The normalized spacial score (nSPS) is 16.4. The summed E-state index contributed by atoms with van der Waals surface area (Å²) in [6.45, 7) is 19.8. The zero-order chi connectivity index (χ0) is 65.3. The predicted octanol–water partition coefficient (Wildman–Crippen LogP) is 9.43. The van der Waals surface area contributed by atoms with E-state index in [1.54, 1.807) is 49.4 Å². The van der Waals surface area contributed by atoms with Gasteiger partial charge in [0, 0.05) is 140 Å². The molecule has 2 fully saturated rings. The molecule has 2 aromatic carbocycles. The second kappa shape index (κ2) is 48.3. The van der Waals surface area contributed by atoms with Crippen LogP contribution in [0.5, 0.6) is 11.5 Å². The summed E-state index contributed by atoms with van der Waals surface area (Å²) in [5.41, 5.74) is 7.50. The third kappa shape index (κ3) is 29.8. The summed E-state index contributed by atoms with van der Waals surface area (Å²) in [5, 5.41) is 70.8. The van der Waals surface area contributed by atoms with Crippen LogP contribution in [0.15, 0.2) is 81.0 Å². The van der Waals surface area contributed by atoms with Crippen LogP contribution in [-0.2, 0) is 77.8 Å². The van der Waals surface area contributed by atoms with E-state index >= 15 is 0 Å². The fourth-order valence-electron chi connectivity index (χ4n) is 9.50. The zero-order valence-electron chi connectivity index (χ0n) is 54.2. The number of nitrogens with zero attached hydrogens (tertiary/aromatic N) is 4. The third-order valence-corrected chi connectivity index (χ3v) is 14.7. The molecule has 1 radical (unpaired) electrons. The number of ether oxygens (including phenoxy) is 1. The summed E-state index contributed by atoms with van der Waals surface area (Å²) in [7, 11) is 3.71. The van der Waals surface area contributed by atoms with Gasteiger partial charge in [0.25, 0.3) is 5.56 Å². The minimum atomic E-state index is -0.593. The van der Waals surface area contributed by atoms with E-state index in [4.69, 9.17) is 30.6 Å². The summed E-state index contributed by atoms with van der Waals surface area (Å²) in [5.74, 6) is -1.02. The maximum Gasteiger partial charge on any atom is 0.282 e. The summed E-state index contributed by atoms with van der Waals surface area (Å²) in [6, 6.07) is 8.52. The van der Waals surface area contributed by atoms with Crippen LogP contribution in [-0.4, -0.2) is 148 Å². The number of carbonyl (C=O) groups is 4. The molecular weight excluding hydrogens is 1200 g/mol. The maximum absolute atomic E-state index is 13.6. The molecule has 3 aromatic rings. The number of phenols is 2. The number of rotatable bonds is 23. The van der Waals surface area contributed by atoms with E-state index < -0.39 is 18.1 Å². The van der Waals surface area contributed by atoms with Crippen LogP contribution in [0.4, 0.5) is 5.69 Å². The first-order valence-corrected chi connectivity index (χ1v) is 31.1. The maximum atomic E-state index is 13.6. The summed E-state index contributed by atoms with van der Waals surface area (Å²) in [6.07, 6.45) is 19.4. The number of aliphatic hydroxyl groups excluding tert-OH is 3. The van der Waals surface area contributed by atoms with Gasteiger partial charge in [0.15, 0.2) is 12.1 Å². The number of amides is 2. The molecule has 3 atom stereocenters. The largest absolute Gasteiger partial charge is 0.662 e. The van der Waals surface area contributed by atoms with Crippen molar-refractivity contribution in [2.24, 2.45) is 11.7 Å². The topological polar surface area (TPSA) is 337 Å². The molecule has 3 unspecified atom stereocenters. The van der Waals surface area contributed by atoms with E-state index in [9.17, 15) is 44.2 Å². The van der Waals surface area contributed by atoms with Crippen molar-refractivity contribution in [3.63, 3.8) is 0 Å². The first-order valence-electron chi connectivity index (χ1n) is 31.1. The minimum absolute atomic E-state index is 0. The Balaban J connectivity index is 0.00000124. The second-order valence-electron chi connectivity index (χ2n) is 21.1. The standard InChI is InChI=1S/C27H34N4O5.C17H27N3O3.C9H13NO3.C5H10O2.C3H9N.2C2H6.Y/c1-16-19(5-3-4-6-23(16)32)26(34)24-22(14-28)25(33)20-8-7-18(13-21(20)27(24)35)31(36)15-30-11-9-17(29-2)10-12-30;1-12(2)15(18-3)8-9-16(22)19-10-17(23)20-14-6-4-13(11-21)5-7-14;11-7-4-2-1-3-6-10-9(12)5-8-13-10;6-5-3-1-2-4-7-5;1-2-3-4;2*1-2;/h3-5,14,17-18,28,32-33,35H,6-13,15H2,1-2H3;4-7,12,15,18,21H,8-11H2,1-3H3,(H,19,22)(H,20,23);5,7-8H,1-4,6H2;5-6H,1-4H2;2-4H2,1H3;2*1-2H3;. The Hall–Kier alpha value is -5.56. The number of aldehydes is 1. The molecular formula is C65H105N9O13Y. The van der Waals surface area contributed by atoms with Gasteiger partial charge >= 0.3 is 0 Å². The number of aromatic nitrogens is 1. The molecule has 2 amide bonds. The number of Topliss-reactive ketones (excluding diaryl/α,β-unsaturated/α-hetero) is 1. The number of fused-ring (bicyclic) bond motifs is 1. The van der Waals surface area contributed by atoms with Gasteiger partial charge in [-0.05, 0) is 101 Å². The Kier molecular flexibility index (Phi) is 45.3. The molecule has 0 saturated carbocycles. The number of nitrogens with two attached hydrogens (primary N) is 1. The Labute approximate surface area is 547 Å². The van der Waals surface area contributed by atoms with Crippen molar-refractivity contribution in [3.8, 4) is 11.5 Å². The number of ketones is 1. The molecule has 0 spiro atoms. The van der Waals surface area contributed by atoms with Crippen LogP contribution in [0.1, 0.15) is 178 Å². The molecule has 3 heterocycles. The zero-order valence-corrected chi connectivity index (χ0v) is 57.0. The Morgan fingerprint density at radius 3 is 2.15 bits per heavy atom. The number of aryl methyl sites for hydroxylation is 1. The number of aliphatic hydroxyl groups is 3. The van der Waals surface area contributed by atoms with Crippen LogP contribution in [0, 0.1) is 16.2 Å². The number of unbranched alkanes of at least 4 members (excludes halogenated alkanes) is 3. The minimum Gasteiger partial charge on any atom is -0.662 e. The molecule has 1 aromatic heterocycles. The van der Waals surface area contributed by atoms with Crippen molar-refractivity contribution in [1.29, 1.82) is 5.41 Å². The Morgan fingerprint density at radius 1 is 0.955 bits per heavy atom. The van der Waals surface area contributed by atoms with Crippen molar-refractivity contribution in [2.45, 2.75) is 196 Å². The van der Waals surface area contributed by atoms with Crippen molar-refractivity contribution in [2.75, 3.05) is 58.9 Å². The van der Waals surface area contributed by atoms with Gasteiger partial charge in [0.1, 0.15) is 24.0 Å². The monoisotopic (exact) mass is 1310 g/mol. The van der Waals surface area contributed by atoms with Crippen molar-refractivity contribution < 1.29 is 91.4 Å². The molecule has 22 nitrogen and oxygen atoms in total. The molecule has 88 heavy (non-hydrogen) atoms. The summed E-state index contributed by atoms with van der Waals surface area (Å²) >= 11 is 0. The van der Waals surface area contributed by atoms with Crippen LogP contribution in [0.3, 0.4) is 0 Å². The number of benzene rings is 2. The number of hydrogen-bond acceptors (Lipinski definition) is 17. The number of aromatic hydroxyl groups is 2. The van der Waals surface area contributed by atoms with Crippen molar-refractivity contribution in [3.05, 3.63) is 120 Å². The Bertz CT molecular complexity index is 2660. The van der Waals surface area contributed by atoms with Gasteiger partial charge in [-0.15, -0.1) is 6.04 Å². The number of nitroso groups, excluding NO2 is 1. The van der Waals surface area contributed by atoms with Gasteiger partial charge in [-0.2, -0.15) is 11.8 Å². The first-order chi connectivity index (χ1) is 41.9. The number of likely N-dealkylation sites (tertiary alicyclic amines) is 1. The van der Waals surface area contributed by atoms with E-state index in [1.807, 2.05) is 41.8 Å². The number of nitrogens with one attached hydrogen (secondary N) is 4. The average Bonchev–Trinajstić information content (AvgIpc) is 1.62. The number of carbonyl (C=O) groups excluding carboxylic acids is 4. The predicted molar refractivity (Wildman–Crippen MR) is 344 cm³/mol. The van der Waals surface area contributed by atoms with Crippen LogP contribution in [0.25, 0.3) is 5.32 Å². The van der Waals surface area contributed by atoms with Gasteiger partial charge in [-0.3, -0.25) is 19.2 Å². The quantitative estimate of drug-likeness (QED) is 0.0105. The van der Waals surface area contributed by atoms with Crippen LogP contribution in [0.2, 0.25) is 0 Å². The van der Waals surface area contributed by atoms with Crippen molar-refractivity contribution >= 4 is 35.8 Å². The fourth-order valence-corrected chi connectivity index (χ4v) is 9.50. The van der Waals surface area contributed by atoms with Gasteiger partial charge in [0.2, 0.25) is 24.5 Å². The van der Waals surface area contributed by atoms with Crippen molar-refractivity contribution in [1.82, 2.24) is 20.3 Å². The van der Waals surface area contributed by atoms with E-state index in [2.05, 4.69) is 46.9 Å². The fraction of sp³-hybridized carbons (Fsp3) is 0.600. The number of hydrogen-bond donors (Lipinski definition) is 10. The SMILES string of the molecule is CC.CC.CCCN.CNC(CCC(=O)NCC(=O)Nc1ccc(CO)cc1)C(C)C.C[N-]C1CCN(C[N+](=O)C2CCc3c(O)c(C=N)c(C(=O)C4=CC=CCC(O)=C4C)c(O)c3C2)CC1.O=CCCCCCn1occc1=O.OC1CCCCO1.[Y]. The number of phenolic OH excluding ortho intramolecular Hbond substituents is 2. The molecule has 7 rings (SSSR count). The molecule has 4 aliphatic rings. The van der Waals surface area contributed by atoms with E-state index in [0.29, 0.717) is 72.6 Å². The summed E-state index contributed by atoms with van der Waals surface area (Å²) < 4.78 is 12.1. The molecule has 11 N–H and O–H groups in total.